The van der Waals surface area contributed by atoms with E-state index in [1.165, 1.54) is 12.3 Å². The molecule has 1 aromatic heterocycles. The molecule has 3 aromatic rings. The van der Waals surface area contributed by atoms with Crippen LogP contribution in [0.3, 0.4) is 0 Å². The smallest absolute Gasteiger partial charge is 0.338 e. The van der Waals surface area contributed by atoms with Crippen LogP contribution in [0.1, 0.15) is 31.1 Å². The number of carbonyl (C=O) groups is 2. The van der Waals surface area contributed by atoms with Gasteiger partial charge in [-0.1, -0.05) is 20.8 Å². The SMILES string of the molecule is CC(C)(C)C(=O)Nc1ccc2[nH]cc(N(c3cc(F)c(C(=O)O)cc3F)S(=O)[O-])c2c1. The van der Waals surface area contributed by atoms with Gasteiger partial charge in [0, 0.05) is 34.3 Å². The number of aromatic nitrogens is 1. The summed E-state index contributed by atoms with van der Waals surface area (Å²) in [7, 11) is 0. The van der Waals surface area contributed by atoms with E-state index in [2.05, 4.69) is 10.3 Å². The van der Waals surface area contributed by atoms with E-state index in [1.807, 2.05) is 0 Å². The number of hydrogen-bond acceptors (Lipinski definition) is 4. The normalized spacial score (nSPS) is 12.6. The number of benzene rings is 2. The molecule has 0 spiro atoms. The Morgan fingerprint density at radius 2 is 1.81 bits per heavy atom. The molecule has 0 fully saturated rings. The quantitative estimate of drug-likeness (QED) is 0.506. The summed E-state index contributed by atoms with van der Waals surface area (Å²) in [4.78, 5) is 26.1. The molecule has 0 aliphatic carbocycles. The molecule has 164 valence electrons. The van der Waals surface area contributed by atoms with Crippen molar-refractivity contribution in [2.24, 2.45) is 5.41 Å². The van der Waals surface area contributed by atoms with Crippen LogP contribution < -0.4 is 9.62 Å². The van der Waals surface area contributed by atoms with E-state index in [0.29, 0.717) is 33.0 Å². The van der Waals surface area contributed by atoms with Gasteiger partial charge in [-0.3, -0.25) is 13.3 Å². The first-order valence-corrected chi connectivity index (χ1v) is 9.97. The molecule has 0 radical (unpaired) electrons. The topological polar surface area (TPSA) is 126 Å². The molecule has 31 heavy (non-hydrogen) atoms. The number of nitrogens with one attached hydrogen (secondary N) is 2. The number of nitrogens with zero attached hydrogens (tertiary/aromatic N) is 1. The van der Waals surface area contributed by atoms with E-state index < -0.39 is 45.5 Å². The molecule has 1 amide bonds. The number of carboxylic acids is 1. The molecule has 0 bridgehead atoms. The number of carboxylic acid groups (broad SMARTS) is 1. The van der Waals surface area contributed by atoms with E-state index in [9.17, 15) is 27.1 Å². The Balaban J connectivity index is 2.13. The summed E-state index contributed by atoms with van der Waals surface area (Å²) in [6.45, 7) is 5.18. The molecule has 1 unspecified atom stereocenters. The zero-order valence-electron chi connectivity index (χ0n) is 16.7. The van der Waals surface area contributed by atoms with Crippen LogP contribution in [0.2, 0.25) is 0 Å². The first kappa shape index (κ1) is 22.4. The Morgan fingerprint density at radius 1 is 1.13 bits per heavy atom. The van der Waals surface area contributed by atoms with E-state index in [-0.39, 0.29) is 11.6 Å². The van der Waals surface area contributed by atoms with Crippen molar-refractivity contribution >= 4 is 51.1 Å². The Kier molecular flexibility index (Phi) is 5.83. The van der Waals surface area contributed by atoms with Crippen molar-refractivity contribution in [3.63, 3.8) is 0 Å². The summed E-state index contributed by atoms with van der Waals surface area (Å²) in [6, 6.07) is 5.60. The summed E-state index contributed by atoms with van der Waals surface area (Å²) < 4.78 is 53.1. The van der Waals surface area contributed by atoms with Crippen molar-refractivity contribution in [3.05, 3.63) is 53.7 Å². The molecule has 0 saturated heterocycles. The fourth-order valence-corrected chi connectivity index (χ4v) is 3.43. The summed E-state index contributed by atoms with van der Waals surface area (Å²) in [6.07, 6.45) is 1.28. The standard InChI is InChI=1S/C20H19F2N3O5S/c1-20(2,3)19(28)24-10-4-5-15-12(6-10)17(9-23-15)25(31(29)30)16-8-13(21)11(18(26)27)7-14(16)22/h4-9,23H,1-3H3,(H,24,28)(H,26,27)(H,29,30)/p-1. The second-order valence-corrected chi connectivity index (χ2v) is 8.54. The third-order valence-electron chi connectivity index (χ3n) is 4.45. The fraction of sp³-hybridized carbons (Fsp3) is 0.200. The fourth-order valence-electron chi connectivity index (χ4n) is 2.82. The first-order valence-electron chi connectivity index (χ1n) is 8.94. The van der Waals surface area contributed by atoms with E-state index >= 15 is 0 Å². The molecule has 0 saturated carbocycles. The Hall–Kier alpha value is -3.31. The third-order valence-corrected chi connectivity index (χ3v) is 5.14. The molecule has 11 heteroatoms. The minimum atomic E-state index is -3.09. The summed E-state index contributed by atoms with van der Waals surface area (Å²) in [5.41, 5.74) is -1.49. The van der Waals surface area contributed by atoms with Crippen molar-refractivity contribution in [2.45, 2.75) is 20.8 Å². The first-order chi connectivity index (χ1) is 14.4. The van der Waals surface area contributed by atoms with Crippen LogP contribution in [0, 0.1) is 17.0 Å². The van der Waals surface area contributed by atoms with Crippen LogP contribution in [0.5, 0.6) is 0 Å². The second-order valence-electron chi connectivity index (χ2n) is 7.74. The van der Waals surface area contributed by atoms with Crippen LogP contribution >= 0.6 is 0 Å². The second kappa shape index (κ2) is 8.08. The lowest BCUT2D eigenvalue weighted by Gasteiger charge is -2.26. The number of carbonyl (C=O) groups excluding carboxylic acids is 1. The van der Waals surface area contributed by atoms with Gasteiger partial charge in [0.05, 0.1) is 28.2 Å². The van der Waals surface area contributed by atoms with Gasteiger partial charge in [0.2, 0.25) is 5.91 Å². The molecule has 3 N–H and O–H groups in total. The Labute approximate surface area is 178 Å². The highest BCUT2D eigenvalue weighted by Gasteiger charge is 2.24. The lowest BCUT2D eigenvalue weighted by atomic mass is 9.95. The van der Waals surface area contributed by atoms with Crippen molar-refractivity contribution in [1.29, 1.82) is 0 Å². The van der Waals surface area contributed by atoms with Gasteiger partial charge in [-0.15, -0.1) is 0 Å². The van der Waals surface area contributed by atoms with Gasteiger partial charge < -0.3 is 20.0 Å². The number of hydrogen-bond donors (Lipinski definition) is 3. The molecular weight excluding hydrogens is 432 g/mol. The Bertz CT molecular complexity index is 1220. The average molecular weight is 450 g/mol. The number of aromatic carboxylic acids is 1. The maximum atomic E-state index is 14.6. The van der Waals surface area contributed by atoms with Gasteiger partial charge in [-0.25, -0.2) is 13.6 Å². The van der Waals surface area contributed by atoms with Crippen molar-refractivity contribution in [1.82, 2.24) is 4.98 Å². The summed E-state index contributed by atoms with van der Waals surface area (Å²) in [5.74, 6) is -4.50. The highest BCUT2D eigenvalue weighted by molar-refractivity contribution is 7.81. The van der Waals surface area contributed by atoms with Gasteiger partial charge >= 0.3 is 5.97 Å². The molecule has 8 nitrogen and oxygen atoms in total. The summed E-state index contributed by atoms with van der Waals surface area (Å²) in [5, 5.41) is 12.0. The van der Waals surface area contributed by atoms with E-state index in [1.54, 1.807) is 32.9 Å². The molecule has 0 aliphatic rings. The maximum Gasteiger partial charge on any atom is 0.338 e. The number of rotatable bonds is 5. The number of aromatic amines is 1. The summed E-state index contributed by atoms with van der Waals surface area (Å²) >= 11 is -3.09. The lowest BCUT2D eigenvalue weighted by Crippen LogP contribution is -2.27. The number of halogens is 2. The van der Waals surface area contributed by atoms with Crippen LogP contribution in [0.4, 0.5) is 25.8 Å². The van der Waals surface area contributed by atoms with Crippen LogP contribution in [0.15, 0.2) is 36.5 Å². The predicted octanol–water partition coefficient (Wildman–Crippen LogP) is 4.06. The lowest BCUT2D eigenvalue weighted by molar-refractivity contribution is -0.123. The number of H-pyrrole nitrogens is 1. The van der Waals surface area contributed by atoms with Crippen LogP contribution in [0.25, 0.3) is 10.9 Å². The number of amides is 1. The minimum Gasteiger partial charge on any atom is -0.755 e. The van der Waals surface area contributed by atoms with Crippen molar-refractivity contribution in [3.8, 4) is 0 Å². The highest BCUT2D eigenvalue weighted by Crippen LogP contribution is 2.37. The van der Waals surface area contributed by atoms with Gasteiger partial charge in [0.25, 0.3) is 0 Å². The Morgan fingerprint density at radius 3 is 2.39 bits per heavy atom. The maximum absolute atomic E-state index is 14.6. The average Bonchev–Trinajstić information content (AvgIpc) is 3.06. The molecule has 0 aliphatic heterocycles. The zero-order chi connectivity index (χ0) is 23.1. The third kappa shape index (κ3) is 4.42. The monoisotopic (exact) mass is 450 g/mol. The van der Waals surface area contributed by atoms with Gasteiger partial charge in [0.1, 0.15) is 11.6 Å². The number of fused-ring (bicyclic) bond motifs is 1. The molecule has 3 rings (SSSR count). The van der Waals surface area contributed by atoms with Gasteiger partial charge in [-0.2, -0.15) is 0 Å². The van der Waals surface area contributed by atoms with Crippen LogP contribution in [-0.4, -0.2) is 30.7 Å². The zero-order valence-corrected chi connectivity index (χ0v) is 17.5. The largest absolute Gasteiger partial charge is 0.755 e. The molecule has 1 atom stereocenters. The minimum absolute atomic E-state index is 0.0448. The van der Waals surface area contributed by atoms with Crippen molar-refractivity contribution < 1.29 is 32.2 Å². The molecule has 1 heterocycles. The molecule has 2 aromatic carbocycles. The van der Waals surface area contributed by atoms with Gasteiger partial charge in [-0.05, 0) is 24.3 Å². The number of anilines is 3. The molecular formula is C20H18F2N3O5S-. The van der Waals surface area contributed by atoms with Crippen LogP contribution in [-0.2, 0) is 16.1 Å². The highest BCUT2D eigenvalue weighted by atomic mass is 32.2. The van der Waals surface area contributed by atoms with Crippen molar-refractivity contribution in [2.75, 3.05) is 9.62 Å². The van der Waals surface area contributed by atoms with E-state index in [4.69, 9.17) is 5.11 Å². The van der Waals surface area contributed by atoms with Gasteiger partial charge in [0.15, 0.2) is 0 Å². The predicted molar refractivity (Wildman–Crippen MR) is 111 cm³/mol. The van der Waals surface area contributed by atoms with E-state index in [0.717, 1.165) is 0 Å².